The van der Waals surface area contributed by atoms with Crippen LogP contribution in [0.15, 0.2) is 53.4 Å². The van der Waals surface area contributed by atoms with Crippen LogP contribution in [0.2, 0.25) is 0 Å². The van der Waals surface area contributed by atoms with E-state index in [1.165, 1.54) is 28.6 Å². The SMILES string of the molecule is C#Cc1cccc(NC(=O)C(NC(=O)c2cccc(S(=O)(=O)N(CC)CC)c2)C(C)C)c1. The molecule has 2 aromatic carbocycles. The molecule has 8 heteroatoms. The van der Waals surface area contributed by atoms with Gasteiger partial charge in [-0.2, -0.15) is 4.31 Å². The van der Waals surface area contributed by atoms with Crippen LogP contribution in [-0.2, 0) is 14.8 Å². The van der Waals surface area contributed by atoms with Crippen molar-refractivity contribution in [2.24, 2.45) is 5.92 Å². The lowest BCUT2D eigenvalue weighted by Gasteiger charge is -2.22. The van der Waals surface area contributed by atoms with Crippen molar-refractivity contribution in [2.75, 3.05) is 18.4 Å². The molecule has 0 aliphatic rings. The smallest absolute Gasteiger partial charge is 0.251 e. The van der Waals surface area contributed by atoms with Gasteiger partial charge in [-0.3, -0.25) is 9.59 Å². The molecular weight excluding hydrogens is 426 g/mol. The third kappa shape index (κ3) is 5.96. The van der Waals surface area contributed by atoms with Gasteiger partial charge in [-0.25, -0.2) is 8.42 Å². The summed E-state index contributed by atoms with van der Waals surface area (Å²) in [5.41, 5.74) is 1.31. The van der Waals surface area contributed by atoms with E-state index in [1.807, 2.05) is 13.8 Å². The molecule has 0 saturated heterocycles. The fourth-order valence-corrected chi connectivity index (χ4v) is 4.68. The minimum atomic E-state index is -3.71. The Labute approximate surface area is 190 Å². The van der Waals surface area contributed by atoms with Crippen molar-refractivity contribution in [2.45, 2.75) is 38.6 Å². The maximum atomic E-state index is 12.9. The largest absolute Gasteiger partial charge is 0.340 e. The molecule has 0 fully saturated rings. The molecule has 0 spiro atoms. The topological polar surface area (TPSA) is 95.6 Å². The Kier molecular flexibility index (Phi) is 8.58. The van der Waals surface area contributed by atoms with Crippen LogP contribution >= 0.6 is 0 Å². The Morgan fingerprint density at radius 1 is 1.06 bits per heavy atom. The van der Waals surface area contributed by atoms with Crippen molar-refractivity contribution in [3.63, 3.8) is 0 Å². The summed E-state index contributed by atoms with van der Waals surface area (Å²) in [5, 5.41) is 5.49. The fraction of sp³-hybridized carbons (Fsp3) is 0.333. The molecule has 2 amide bonds. The first-order valence-electron chi connectivity index (χ1n) is 10.4. The molecule has 32 heavy (non-hydrogen) atoms. The monoisotopic (exact) mass is 455 g/mol. The highest BCUT2D eigenvalue weighted by Crippen LogP contribution is 2.18. The van der Waals surface area contributed by atoms with Crippen LogP contribution < -0.4 is 10.6 Å². The molecule has 0 aliphatic carbocycles. The minimum Gasteiger partial charge on any atom is -0.340 e. The van der Waals surface area contributed by atoms with E-state index in [-0.39, 0.29) is 16.4 Å². The quantitative estimate of drug-likeness (QED) is 0.568. The number of carbonyl (C=O) groups is 2. The lowest BCUT2D eigenvalue weighted by atomic mass is 10.0. The summed E-state index contributed by atoms with van der Waals surface area (Å²) in [4.78, 5) is 25.7. The first-order chi connectivity index (χ1) is 15.1. The molecule has 1 unspecified atom stereocenters. The maximum Gasteiger partial charge on any atom is 0.251 e. The van der Waals surface area contributed by atoms with Crippen molar-refractivity contribution in [3.05, 3.63) is 59.7 Å². The second kappa shape index (κ2) is 10.9. The zero-order valence-electron chi connectivity index (χ0n) is 18.8. The van der Waals surface area contributed by atoms with Crippen molar-refractivity contribution in [1.82, 2.24) is 9.62 Å². The van der Waals surface area contributed by atoms with Gasteiger partial charge in [-0.15, -0.1) is 6.42 Å². The number of nitrogens with zero attached hydrogens (tertiary/aromatic N) is 1. The lowest BCUT2D eigenvalue weighted by Crippen LogP contribution is -2.47. The van der Waals surface area contributed by atoms with E-state index >= 15 is 0 Å². The van der Waals surface area contributed by atoms with Gasteiger partial charge in [-0.05, 0) is 42.3 Å². The molecule has 0 radical (unpaired) electrons. The summed E-state index contributed by atoms with van der Waals surface area (Å²) < 4.78 is 26.9. The maximum absolute atomic E-state index is 12.9. The summed E-state index contributed by atoms with van der Waals surface area (Å²) >= 11 is 0. The highest BCUT2D eigenvalue weighted by atomic mass is 32.2. The number of terminal acetylenes is 1. The van der Waals surface area contributed by atoms with Crippen LogP contribution in [0.25, 0.3) is 0 Å². The molecule has 0 saturated carbocycles. The number of benzene rings is 2. The first kappa shape index (κ1) is 25.1. The molecule has 2 N–H and O–H groups in total. The molecule has 7 nitrogen and oxygen atoms in total. The summed E-state index contributed by atoms with van der Waals surface area (Å²) in [6.07, 6.45) is 5.40. The Bertz CT molecular complexity index is 1120. The van der Waals surface area contributed by atoms with Crippen LogP contribution in [-0.4, -0.2) is 43.7 Å². The number of anilines is 1. The van der Waals surface area contributed by atoms with Gasteiger partial charge in [0.2, 0.25) is 15.9 Å². The Morgan fingerprint density at radius 2 is 1.72 bits per heavy atom. The first-order valence-corrected chi connectivity index (χ1v) is 11.9. The van der Waals surface area contributed by atoms with E-state index in [4.69, 9.17) is 6.42 Å². The van der Waals surface area contributed by atoms with E-state index in [0.717, 1.165) is 0 Å². The van der Waals surface area contributed by atoms with E-state index in [9.17, 15) is 18.0 Å². The average molecular weight is 456 g/mol. The predicted octanol–water partition coefficient (Wildman–Crippen LogP) is 3.09. The molecule has 2 aromatic rings. The van der Waals surface area contributed by atoms with Crippen LogP contribution in [0.3, 0.4) is 0 Å². The van der Waals surface area contributed by atoms with Gasteiger partial charge < -0.3 is 10.6 Å². The van der Waals surface area contributed by atoms with E-state index in [0.29, 0.717) is 24.3 Å². The van der Waals surface area contributed by atoms with Gasteiger partial charge >= 0.3 is 0 Å². The van der Waals surface area contributed by atoms with E-state index in [1.54, 1.807) is 38.1 Å². The predicted molar refractivity (Wildman–Crippen MR) is 126 cm³/mol. The lowest BCUT2D eigenvalue weighted by molar-refractivity contribution is -0.118. The third-order valence-corrected chi connectivity index (χ3v) is 7.02. The van der Waals surface area contributed by atoms with Crippen LogP contribution in [0.1, 0.15) is 43.6 Å². The Hall–Kier alpha value is -3.15. The molecule has 0 bridgehead atoms. The van der Waals surface area contributed by atoms with Gasteiger partial charge in [0.1, 0.15) is 6.04 Å². The molecule has 0 aromatic heterocycles. The average Bonchev–Trinajstić information content (AvgIpc) is 2.77. The molecular formula is C24H29N3O4S. The number of hydrogen-bond donors (Lipinski definition) is 2. The summed E-state index contributed by atoms with van der Waals surface area (Å²) in [6, 6.07) is 11.8. The number of carbonyl (C=O) groups excluding carboxylic acids is 2. The minimum absolute atomic E-state index is 0.0329. The zero-order chi connectivity index (χ0) is 23.9. The molecule has 170 valence electrons. The van der Waals surface area contributed by atoms with Crippen LogP contribution in [0, 0.1) is 18.3 Å². The van der Waals surface area contributed by atoms with Crippen molar-refractivity contribution in [1.29, 1.82) is 0 Å². The second-order valence-corrected chi connectivity index (χ2v) is 9.46. The Morgan fingerprint density at radius 3 is 2.31 bits per heavy atom. The molecule has 0 heterocycles. The standard InChI is InChI=1S/C24H29N3O4S/c1-6-18-11-9-13-20(15-18)25-24(29)22(17(4)5)26-23(28)19-12-10-14-21(16-19)32(30,31)27(7-2)8-3/h1,9-17,22H,7-8H2,2-5H3,(H,25,29)(H,26,28). The molecule has 0 aliphatic heterocycles. The second-order valence-electron chi connectivity index (χ2n) is 7.53. The van der Waals surface area contributed by atoms with Gasteiger partial charge in [-0.1, -0.05) is 45.7 Å². The van der Waals surface area contributed by atoms with Gasteiger partial charge in [0.05, 0.1) is 4.90 Å². The fourth-order valence-electron chi connectivity index (χ4n) is 3.18. The van der Waals surface area contributed by atoms with Crippen LogP contribution in [0.4, 0.5) is 5.69 Å². The number of hydrogen-bond acceptors (Lipinski definition) is 4. The number of nitrogens with one attached hydrogen (secondary N) is 2. The summed E-state index contributed by atoms with van der Waals surface area (Å²) in [7, 11) is -3.71. The van der Waals surface area contributed by atoms with Crippen molar-refractivity contribution < 1.29 is 18.0 Å². The van der Waals surface area contributed by atoms with Gasteiger partial charge in [0.25, 0.3) is 5.91 Å². The summed E-state index contributed by atoms with van der Waals surface area (Å²) in [6.45, 7) is 7.77. The summed E-state index contributed by atoms with van der Waals surface area (Å²) in [5.74, 6) is 1.37. The van der Waals surface area contributed by atoms with Crippen molar-refractivity contribution in [3.8, 4) is 12.3 Å². The highest BCUT2D eigenvalue weighted by molar-refractivity contribution is 7.89. The number of rotatable bonds is 9. The van der Waals surface area contributed by atoms with E-state index < -0.39 is 27.9 Å². The molecule has 1 atom stereocenters. The van der Waals surface area contributed by atoms with Crippen molar-refractivity contribution >= 4 is 27.5 Å². The van der Waals surface area contributed by atoms with Crippen LogP contribution in [0.5, 0.6) is 0 Å². The van der Waals surface area contributed by atoms with Gasteiger partial charge in [0.15, 0.2) is 0 Å². The normalized spacial score (nSPS) is 12.3. The van der Waals surface area contributed by atoms with E-state index in [2.05, 4.69) is 16.6 Å². The third-order valence-electron chi connectivity index (χ3n) is 4.97. The Balaban J connectivity index is 2.23. The van der Waals surface area contributed by atoms with Gasteiger partial charge in [0, 0.05) is 29.9 Å². The molecule has 2 rings (SSSR count). The zero-order valence-corrected chi connectivity index (χ0v) is 19.6. The number of sulfonamides is 1. The highest BCUT2D eigenvalue weighted by Gasteiger charge is 2.26. The number of amides is 2.